The van der Waals surface area contributed by atoms with Crippen molar-refractivity contribution in [2.45, 2.75) is 69.9 Å². The predicted octanol–water partition coefficient (Wildman–Crippen LogP) is 3.27. The zero-order valence-corrected chi connectivity index (χ0v) is 18.9. The lowest BCUT2D eigenvalue weighted by Gasteiger charge is -2.30. The SMILES string of the molecule is Cc1cc(C)n(CCCNC(=O)c2cccc(S(=O)(=O)N(C)C3CCCCC3)c2)n1. The summed E-state index contributed by atoms with van der Waals surface area (Å²) in [6.45, 7) is 5.18. The second kappa shape index (κ2) is 9.75. The molecular formula is C22H32N4O3S. The fourth-order valence-corrected chi connectivity index (χ4v) is 5.50. The molecule has 2 aromatic rings. The van der Waals surface area contributed by atoms with Crippen LogP contribution in [0.25, 0.3) is 0 Å². The molecule has 0 radical (unpaired) electrons. The molecule has 164 valence electrons. The van der Waals surface area contributed by atoms with Crippen molar-refractivity contribution in [2.24, 2.45) is 0 Å². The maximum absolute atomic E-state index is 13.0. The van der Waals surface area contributed by atoms with E-state index in [9.17, 15) is 13.2 Å². The molecule has 0 spiro atoms. The molecule has 1 N–H and O–H groups in total. The minimum absolute atomic E-state index is 0.0376. The second-order valence-corrected chi connectivity index (χ2v) is 10.1. The van der Waals surface area contributed by atoms with E-state index in [1.165, 1.54) is 16.8 Å². The van der Waals surface area contributed by atoms with Gasteiger partial charge in [0.2, 0.25) is 10.0 Å². The Balaban J connectivity index is 1.59. The molecule has 8 heteroatoms. The van der Waals surface area contributed by atoms with Gasteiger partial charge in [-0.05, 0) is 57.4 Å². The van der Waals surface area contributed by atoms with Crippen molar-refractivity contribution in [1.82, 2.24) is 19.4 Å². The minimum atomic E-state index is -3.62. The van der Waals surface area contributed by atoms with Crippen molar-refractivity contribution in [2.75, 3.05) is 13.6 Å². The number of hydrogen-bond donors (Lipinski definition) is 1. The molecule has 0 bridgehead atoms. The van der Waals surface area contributed by atoms with Crippen LogP contribution in [0.4, 0.5) is 0 Å². The van der Waals surface area contributed by atoms with Crippen LogP contribution in [-0.2, 0) is 16.6 Å². The monoisotopic (exact) mass is 432 g/mol. The van der Waals surface area contributed by atoms with Gasteiger partial charge in [0.15, 0.2) is 0 Å². The molecule has 30 heavy (non-hydrogen) atoms. The summed E-state index contributed by atoms with van der Waals surface area (Å²) >= 11 is 0. The van der Waals surface area contributed by atoms with Crippen LogP contribution in [0, 0.1) is 13.8 Å². The normalized spacial score (nSPS) is 15.5. The summed E-state index contributed by atoms with van der Waals surface area (Å²) in [6, 6.07) is 8.38. The van der Waals surface area contributed by atoms with E-state index in [4.69, 9.17) is 0 Å². The summed E-state index contributed by atoms with van der Waals surface area (Å²) < 4.78 is 29.5. The largest absolute Gasteiger partial charge is 0.352 e. The van der Waals surface area contributed by atoms with Gasteiger partial charge in [-0.2, -0.15) is 9.40 Å². The van der Waals surface area contributed by atoms with Crippen molar-refractivity contribution in [1.29, 1.82) is 0 Å². The highest BCUT2D eigenvalue weighted by molar-refractivity contribution is 7.89. The highest BCUT2D eigenvalue weighted by Gasteiger charge is 2.29. The Morgan fingerprint density at radius 1 is 1.20 bits per heavy atom. The number of carbonyl (C=O) groups is 1. The first-order chi connectivity index (χ1) is 14.3. The quantitative estimate of drug-likeness (QED) is 0.649. The van der Waals surface area contributed by atoms with E-state index in [2.05, 4.69) is 10.4 Å². The van der Waals surface area contributed by atoms with E-state index in [0.29, 0.717) is 12.1 Å². The number of aromatic nitrogens is 2. The molecule has 1 heterocycles. The molecule has 1 aliphatic rings. The van der Waals surface area contributed by atoms with Crippen LogP contribution in [0.2, 0.25) is 0 Å². The Hall–Kier alpha value is -2.19. The molecule has 1 aromatic carbocycles. The molecule has 0 atom stereocenters. The number of amides is 1. The predicted molar refractivity (Wildman–Crippen MR) is 117 cm³/mol. The van der Waals surface area contributed by atoms with E-state index >= 15 is 0 Å². The van der Waals surface area contributed by atoms with E-state index in [-0.39, 0.29) is 16.8 Å². The number of nitrogens with zero attached hydrogens (tertiary/aromatic N) is 3. The van der Waals surface area contributed by atoms with Crippen LogP contribution in [0.5, 0.6) is 0 Å². The van der Waals surface area contributed by atoms with Crippen molar-refractivity contribution in [3.63, 3.8) is 0 Å². The van der Waals surface area contributed by atoms with E-state index < -0.39 is 10.0 Å². The number of carbonyl (C=O) groups excluding carboxylic acids is 1. The Kier molecular flexibility index (Phi) is 7.31. The summed E-state index contributed by atoms with van der Waals surface area (Å²) in [5, 5.41) is 7.29. The average molecular weight is 433 g/mol. The first-order valence-electron chi connectivity index (χ1n) is 10.7. The summed E-state index contributed by atoms with van der Waals surface area (Å²) in [4.78, 5) is 12.7. The smallest absolute Gasteiger partial charge is 0.251 e. The maximum Gasteiger partial charge on any atom is 0.251 e. The Morgan fingerprint density at radius 2 is 1.93 bits per heavy atom. The standard InChI is InChI=1S/C22H32N4O3S/c1-17-15-18(2)26(24-17)14-8-13-23-22(27)19-9-7-12-21(16-19)30(28,29)25(3)20-10-5-4-6-11-20/h7,9,12,15-16,20H,4-6,8,10-11,13-14H2,1-3H3,(H,23,27). The molecule has 1 amide bonds. The van der Waals surface area contributed by atoms with Gasteiger partial charge in [-0.15, -0.1) is 0 Å². The second-order valence-electron chi connectivity index (χ2n) is 8.10. The maximum atomic E-state index is 13.0. The van der Waals surface area contributed by atoms with Gasteiger partial charge < -0.3 is 5.32 Å². The number of benzene rings is 1. The minimum Gasteiger partial charge on any atom is -0.352 e. The van der Waals surface area contributed by atoms with Crippen LogP contribution in [-0.4, -0.2) is 48.0 Å². The number of hydrogen-bond acceptors (Lipinski definition) is 4. The summed E-state index contributed by atoms with van der Waals surface area (Å²) in [5.74, 6) is -0.263. The van der Waals surface area contributed by atoms with E-state index in [1.54, 1.807) is 25.2 Å². The van der Waals surface area contributed by atoms with Crippen molar-refractivity contribution >= 4 is 15.9 Å². The highest BCUT2D eigenvalue weighted by atomic mass is 32.2. The Labute approximate surface area is 179 Å². The first kappa shape index (κ1) is 22.5. The van der Waals surface area contributed by atoms with E-state index in [1.807, 2.05) is 24.6 Å². The molecular weight excluding hydrogens is 400 g/mol. The fourth-order valence-electron chi connectivity index (χ4n) is 4.04. The van der Waals surface area contributed by atoms with Gasteiger partial charge in [-0.3, -0.25) is 9.48 Å². The van der Waals surface area contributed by atoms with Gasteiger partial charge >= 0.3 is 0 Å². The molecule has 1 aliphatic carbocycles. The molecule has 1 saturated carbocycles. The van der Waals surface area contributed by atoms with Crippen LogP contribution in [0.15, 0.2) is 35.2 Å². The van der Waals surface area contributed by atoms with Gasteiger partial charge in [0.25, 0.3) is 5.91 Å². The van der Waals surface area contributed by atoms with Gasteiger partial charge in [-0.1, -0.05) is 25.3 Å². The molecule has 0 saturated heterocycles. The Morgan fingerprint density at radius 3 is 2.60 bits per heavy atom. The fraction of sp³-hybridized carbons (Fsp3) is 0.545. The third-order valence-corrected chi connectivity index (χ3v) is 7.70. The molecule has 0 aliphatic heterocycles. The number of rotatable bonds is 8. The number of aryl methyl sites for hydroxylation is 3. The molecule has 1 aromatic heterocycles. The molecule has 7 nitrogen and oxygen atoms in total. The van der Waals surface area contributed by atoms with Gasteiger partial charge in [-0.25, -0.2) is 8.42 Å². The van der Waals surface area contributed by atoms with Crippen LogP contribution in [0.3, 0.4) is 0 Å². The van der Waals surface area contributed by atoms with Crippen molar-refractivity contribution in [3.05, 3.63) is 47.3 Å². The first-order valence-corrected chi connectivity index (χ1v) is 12.1. The van der Waals surface area contributed by atoms with Crippen molar-refractivity contribution < 1.29 is 13.2 Å². The van der Waals surface area contributed by atoms with E-state index in [0.717, 1.165) is 50.0 Å². The lowest BCUT2D eigenvalue weighted by molar-refractivity contribution is 0.0952. The number of nitrogens with one attached hydrogen (secondary N) is 1. The topological polar surface area (TPSA) is 84.3 Å². The summed E-state index contributed by atoms with van der Waals surface area (Å²) in [6.07, 6.45) is 5.82. The third-order valence-electron chi connectivity index (χ3n) is 5.80. The van der Waals surface area contributed by atoms with Gasteiger partial charge in [0, 0.05) is 37.4 Å². The van der Waals surface area contributed by atoms with Gasteiger partial charge in [0.05, 0.1) is 10.6 Å². The summed E-state index contributed by atoms with van der Waals surface area (Å²) in [5.41, 5.74) is 2.44. The zero-order valence-electron chi connectivity index (χ0n) is 18.1. The lowest BCUT2D eigenvalue weighted by Crippen LogP contribution is -2.38. The van der Waals surface area contributed by atoms with Crippen LogP contribution >= 0.6 is 0 Å². The number of sulfonamides is 1. The molecule has 0 unspecified atom stereocenters. The van der Waals surface area contributed by atoms with Crippen LogP contribution in [0.1, 0.15) is 60.3 Å². The van der Waals surface area contributed by atoms with Gasteiger partial charge in [0.1, 0.15) is 0 Å². The molecule has 1 fully saturated rings. The third kappa shape index (κ3) is 5.29. The Bertz CT molecular complexity index is 978. The van der Waals surface area contributed by atoms with Crippen LogP contribution < -0.4 is 5.32 Å². The lowest BCUT2D eigenvalue weighted by atomic mass is 9.96. The zero-order chi connectivity index (χ0) is 21.7. The molecule has 3 rings (SSSR count). The average Bonchev–Trinajstić information content (AvgIpc) is 3.08. The highest BCUT2D eigenvalue weighted by Crippen LogP contribution is 2.26. The van der Waals surface area contributed by atoms with Crippen molar-refractivity contribution in [3.8, 4) is 0 Å². The summed E-state index contributed by atoms with van der Waals surface area (Å²) in [7, 11) is -1.97.